The van der Waals surface area contributed by atoms with Crippen LogP contribution in [0.1, 0.15) is 89.8 Å². The van der Waals surface area contributed by atoms with Gasteiger partial charge in [-0.05, 0) is 171 Å². The molecule has 9 N–H and O–H groups in total. The van der Waals surface area contributed by atoms with Gasteiger partial charge in [-0.3, -0.25) is 58.4 Å². The first-order valence-electron chi connectivity index (χ1n) is 33.3. The lowest BCUT2D eigenvalue weighted by Crippen LogP contribution is -2.32. The molecule has 0 aliphatic rings. The first-order chi connectivity index (χ1) is 52.0. The molecule has 30 heteroatoms. The zero-order valence-electron chi connectivity index (χ0n) is 60.8. The van der Waals surface area contributed by atoms with Crippen molar-refractivity contribution >= 4 is 126 Å². The van der Waals surface area contributed by atoms with Crippen LogP contribution in [0.25, 0.3) is 21.3 Å². The van der Waals surface area contributed by atoms with Crippen molar-refractivity contribution < 1.29 is 61.1 Å². The predicted molar refractivity (Wildman–Crippen MR) is 417 cm³/mol. The van der Waals surface area contributed by atoms with Gasteiger partial charge in [-0.25, -0.2) is 19.4 Å². The Balaban J connectivity index is 0.000000188. The van der Waals surface area contributed by atoms with E-state index in [1.807, 2.05) is 93.6 Å². The maximum absolute atomic E-state index is 13.2. The number of carbonyl (C=O) groups excluding carboxylic acids is 9. The van der Waals surface area contributed by atoms with E-state index in [0.29, 0.717) is 62.2 Å². The molecule has 0 atom stereocenters. The summed E-state index contributed by atoms with van der Waals surface area (Å²) < 4.78 is 45.6. The molecule has 26 nitrogen and oxygen atoms in total. The minimum Gasteiger partial charge on any atom is -0.497 e. The molecule has 0 radical (unpaired) electrons. The fourth-order valence-electron chi connectivity index (χ4n) is 10.4. The molecule has 109 heavy (non-hydrogen) atoms. The van der Waals surface area contributed by atoms with Crippen molar-refractivity contribution in [2.75, 3.05) is 96.0 Å². The molecular weight excluding hydrogens is 1420 g/mol. The van der Waals surface area contributed by atoms with E-state index < -0.39 is 41.6 Å². The zero-order valence-corrected chi connectivity index (χ0v) is 61.6. The van der Waals surface area contributed by atoms with Crippen molar-refractivity contribution in [2.45, 2.75) is 33.9 Å². The van der Waals surface area contributed by atoms with Gasteiger partial charge in [0, 0.05) is 135 Å². The highest BCUT2D eigenvalue weighted by atomic mass is 32.1. The molecule has 0 aliphatic heterocycles. The molecule has 0 bridgehead atoms. The zero-order chi connectivity index (χ0) is 78.8. The number of pyridine rings is 3. The molecule has 558 valence electrons. The highest BCUT2D eigenvalue weighted by Crippen LogP contribution is 2.35. The second-order valence-corrected chi connectivity index (χ2v) is 25.4. The number of thiazole rings is 1. The van der Waals surface area contributed by atoms with Crippen LogP contribution in [0.5, 0.6) is 5.75 Å². The van der Waals surface area contributed by atoms with Gasteiger partial charge in [0.1, 0.15) is 22.8 Å². The largest absolute Gasteiger partial charge is 0.497 e. The second-order valence-electron chi connectivity index (χ2n) is 24.2. The molecule has 0 unspecified atom stereocenters. The Kier molecular flexibility index (Phi) is 26.0. The van der Waals surface area contributed by atoms with Gasteiger partial charge in [0.15, 0.2) is 0 Å². The summed E-state index contributed by atoms with van der Waals surface area (Å²) in [7, 11) is 10.4. The van der Waals surface area contributed by atoms with Crippen LogP contribution in [0.2, 0.25) is 0 Å². The Hall–Kier alpha value is -13.9. The van der Waals surface area contributed by atoms with E-state index in [4.69, 9.17) is 4.74 Å². The van der Waals surface area contributed by atoms with Gasteiger partial charge < -0.3 is 52.6 Å². The molecule has 11 aromatic rings. The van der Waals surface area contributed by atoms with E-state index in [1.54, 1.807) is 93.0 Å². The standard InChI is InChI=1S/C29H27N5O3.C25H24F3N5O4.C25H24N6O3S/c1-19-12-13-22(27(35)32-23-11-7-10-21(16-23)20-8-5-4-6-9-20)17-25(19)33-29(37)34(3)24-14-15-31-26(18-24)28(36)30-2;1-14-5-6-15(22(34)31-17-10-16(25(26,27)28)11-19(12-17)37-4)9-20(14)32-24(36)33(3)18-7-8-30-21(13-18)23(35)29-2;1-14-5-6-16(23(32)29-17-7-8-22-20(12-17)28-15(2)35-22)11-19(14)30-25(34)31(4)18-9-10-27-21(13-18)24(33)26-3/h4-18H,1-3H3,(H,30,36)(H,32,35)(H,33,37);5-13H,1-4H3,(H,29,35)(H,31,34)(H,32,36);5-13H,1-4H3,(H,26,33)(H,29,32)(H,30,34). The molecular formula is C79H75F3N16O10S. The van der Waals surface area contributed by atoms with Crippen molar-refractivity contribution in [1.82, 2.24) is 35.9 Å². The number of rotatable bonds is 17. The topological polar surface area (TPSA) is 332 Å². The van der Waals surface area contributed by atoms with E-state index in [2.05, 4.69) is 67.8 Å². The second kappa shape index (κ2) is 35.7. The van der Waals surface area contributed by atoms with Crippen molar-refractivity contribution in [3.63, 3.8) is 0 Å². The van der Waals surface area contributed by atoms with Gasteiger partial charge in [0.2, 0.25) is 0 Å². The number of ether oxygens (including phenoxy) is 1. The number of aromatic nitrogens is 4. The smallest absolute Gasteiger partial charge is 0.416 e. The van der Waals surface area contributed by atoms with Gasteiger partial charge in [-0.2, -0.15) is 13.2 Å². The number of alkyl halides is 3. The number of urea groups is 3. The molecule has 0 spiro atoms. The SMILES string of the molecule is CNC(=O)c1cc(N(C)C(=O)Nc2cc(C(=O)Nc3cc(OC)cc(C(F)(F)F)c3)ccc2C)ccn1.CNC(=O)c1cc(N(C)C(=O)Nc2cc(C(=O)Nc3ccc4sc(C)nc4c3)ccc2C)ccn1.CNC(=O)c1cc(N(C)C(=O)Nc2cc(C(=O)Nc3cccc(-c4ccccc4)c3)ccc2C)ccn1. The summed E-state index contributed by atoms with van der Waals surface area (Å²) in [4.78, 5) is 133. The van der Waals surface area contributed by atoms with E-state index in [9.17, 15) is 56.3 Å². The van der Waals surface area contributed by atoms with Gasteiger partial charge in [0.05, 0.1) is 27.9 Å². The molecule has 11 rings (SSSR count). The van der Waals surface area contributed by atoms with Crippen LogP contribution in [0.15, 0.2) is 201 Å². The van der Waals surface area contributed by atoms with E-state index >= 15 is 0 Å². The van der Waals surface area contributed by atoms with Crippen LogP contribution in [0, 0.1) is 27.7 Å². The third-order valence-electron chi connectivity index (χ3n) is 16.6. The number of nitrogens with one attached hydrogen (secondary N) is 9. The van der Waals surface area contributed by atoms with Crippen LogP contribution in [-0.4, -0.2) is 123 Å². The summed E-state index contributed by atoms with van der Waals surface area (Å²) in [6.07, 6.45) is -0.309. The van der Waals surface area contributed by atoms with Gasteiger partial charge in [0.25, 0.3) is 35.4 Å². The molecule has 7 aromatic carbocycles. The van der Waals surface area contributed by atoms with E-state index in [-0.39, 0.29) is 57.7 Å². The average Bonchev–Trinajstić information content (AvgIpc) is 1.67. The lowest BCUT2D eigenvalue weighted by molar-refractivity contribution is -0.137. The number of hydrogen-bond donors (Lipinski definition) is 9. The maximum atomic E-state index is 13.2. The van der Waals surface area contributed by atoms with Gasteiger partial charge in [-0.15, -0.1) is 11.3 Å². The Morgan fingerprint density at radius 2 is 0.807 bits per heavy atom. The molecule has 4 aromatic heterocycles. The fourth-order valence-corrected chi connectivity index (χ4v) is 11.2. The first kappa shape index (κ1) is 79.2. The predicted octanol–water partition coefficient (Wildman–Crippen LogP) is 14.6. The Labute approximate surface area is 628 Å². The molecule has 0 saturated heterocycles. The summed E-state index contributed by atoms with van der Waals surface area (Å²) in [5.74, 6) is -2.46. The number of benzene rings is 7. The number of anilines is 9. The summed E-state index contributed by atoms with van der Waals surface area (Å²) in [6.45, 7) is 7.34. The first-order valence-corrected chi connectivity index (χ1v) is 34.1. The van der Waals surface area contributed by atoms with Gasteiger partial charge >= 0.3 is 24.3 Å². The average molecular weight is 1500 g/mol. The maximum Gasteiger partial charge on any atom is 0.416 e. The Morgan fingerprint density at radius 1 is 0.404 bits per heavy atom. The van der Waals surface area contributed by atoms with Crippen molar-refractivity contribution in [3.05, 3.63) is 262 Å². The molecule has 0 fully saturated rings. The lowest BCUT2D eigenvalue weighted by Gasteiger charge is -2.19. The molecule has 0 saturated carbocycles. The number of halogens is 3. The fraction of sp³-hybridized carbons (Fsp3) is 0.152. The van der Waals surface area contributed by atoms with Crippen LogP contribution in [-0.2, 0) is 6.18 Å². The normalized spacial score (nSPS) is 10.6. The number of amides is 12. The Bertz CT molecular complexity index is 5280. The van der Waals surface area contributed by atoms with E-state index in [1.165, 1.54) is 105 Å². The summed E-state index contributed by atoms with van der Waals surface area (Å²) in [5, 5.41) is 25.1. The molecule has 4 heterocycles. The van der Waals surface area contributed by atoms with Crippen LogP contribution in [0.4, 0.5) is 78.7 Å². The monoisotopic (exact) mass is 1500 g/mol. The Morgan fingerprint density at radius 3 is 1.21 bits per heavy atom. The number of aryl methyl sites for hydroxylation is 4. The van der Waals surface area contributed by atoms with Crippen LogP contribution >= 0.6 is 11.3 Å². The third-order valence-corrected chi connectivity index (χ3v) is 17.6. The third kappa shape index (κ3) is 20.8. The number of hydrogen-bond acceptors (Lipinski definition) is 15. The lowest BCUT2D eigenvalue weighted by atomic mass is 10.0. The van der Waals surface area contributed by atoms with Crippen molar-refractivity contribution in [1.29, 1.82) is 0 Å². The molecule has 0 aliphatic carbocycles. The van der Waals surface area contributed by atoms with E-state index in [0.717, 1.165) is 49.6 Å². The van der Waals surface area contributed by atoms with Crippen LogP contribution < -0.4 is 67.3 Å². The summed E-state index contributed by atoms with van der Waals surface area (Å²) in [6, 6.07) is 48.6. The highest BCUT2D eigenvalue weighted by molar-refractivity contribution is 7.18. The minimum atomic E-state index is -4.63. The van der Waals surface area contributed by atoms with Gasteiger partial charge in [-0.1, -0.05) is 60.7 Å². The molecule has 12 amide bonds. The van der Waals surface area contributed by atoms with Crippen molar-refractivity contribution in [2.24, 2.45) is 0 Å². The number of methoxy groups -OCH3 is 1. The minimum absolute atomic E-state index is 0.0688. The number of nitrogens with zero attached hydrogens (tertiary/aromatic N) is 7. The quantitative estimate of drug-likeness (QED) is 0.0409. The van der Waals surface area contributed by atoms with Crippen LogP contribution in [0.3, 0.4) is 0 Å². The van der Waals surface area contributed by atoms with Crippen molar-refractivity contribution in [3.8, 4) is 16.9 Å². The number of fused-ring (bicyclic) bond motifs is 1. The summed E-state index contributed by atoms with van der Waals surface area (Å²) in [5.41, 5.74) is 9.48. The summed E-state index contributed by atoms with van der Waals surface area (Å²) >= 11 is 1.60. The number of carbonyl (C=O) groups is 9. The highest BCUT2D eigenvalue weighted by Gasteiger charge is 2.32.